The van der Waals surface area contributed by atoms with E-state index in [1.165, 1.54) is 6.33 Å². The highest BCUT2D eigenvalue weighted by atomic mass is 35.5. The van der Waals surface area contributed by atoms with Gasteiger partial charge < -0.3 is 0 Å². The maximum absolute atomic E-state index is 6.04. The van der Waals surface area contributed by atoms with Crippen LogP contribution in [0.1, 0.15) is 11.4 Å². The topological polar surface area (TPSA) is 43.6 Å². The molecule has 4 aromatic rings. The minimum absolute atomic E-state index is 0.399. The van der Waals surface area contributed by atoms with Gasteiger partial charge in [-0.25, -0.2) is 15.0 Å². The zero-order chi connectivity index (χ0) is 16.4. The van der Waals surface area contributed by atoms with Crippen molar-refractivity contribution in [3.63, 3.8) is 0 Å². The lowest BCUT2D eigenvalue weighted by Gasteiger charge is -2.06. The van der Waals surface area contributed by atoms with Gasteiger partial charge in [0.2, 0.25) is 0 Å². The third-order valence-corrected chi connectivity index (χ3v) is 3.87. The molecule has 2 aromatic heterocycles. The summed E-state index contributed by atoms with van der Waals surface area (Å²) in [7, 11) is 0. The lowest BCUT2D eigenvalue weighted by molar-refractivity contribution is 0.982. The summed E-state index contributed by atoms with van der Waals surface area (Å²) in [4.78, 5) is 13.0. The van der Waals surface area contributed by atoms with Gasteiger partial charge in [-0.2, -0.15) is 0 Å². The highest BCUT2D eigenvalue weighted by Gasteiger charge is 2.11. The number of aromatic nitrogens is 4. The normalized spacial score (nSPS) is 11.4. The molecule has 0 unspecified atom stereocenters. The second-order valence-corrected chi connectivity index (χ2v) is 5.62. The second-order valence-electron chi connectivity index (χ2n) is 5.24. The molecule has 0 fully saturated rings. The third-order valence-electron chi connectivity index (χ3n) is 3.66. The van der Waals surface area contributed by atoms with E-state index in [9.17, 15) is 0 Å². The van der Waals surface area contributed by atoms with E-state index in [1.54, 1.807) is 6.07 Å². The summed E-state index contributed by atoms with van der Waals surface area (Å²) in [6, 6.07) is 19.8. The standard InChI is InChI=1S/C19H13ClN4/c20-17-12-19(22-13-21-17)24-16-9-5-4-8-15(16)23-18(24)11-10-14-6-2-1-3-7-14/h1-13H/b11-10+. The first-order valence-electron chi connectivity index (χ1n) is 7.50. The quantitative estimate of drug-likeness (QED) is 0.513. The Bertz CT molecular complexity index is 1020. The maximum atomic E-state index is 6.04. The van der Waals surface area contributed by atoms with Crippen molar-refractivity contribution < 1.29 is 0 Å². The van der Waals surface area contributed by atoms with E-state index in [0.717, 1.165) is 22.4 Å². The van der Waals surface area contributed by atoms with Crippen molar-refractivity contribution in [2.75, 3.05) is 0 Å². The first-order chi connectivity index (χ1) is 11.8. The number of rotatable bonds is 3. The molecule has 116 valence electrons. The van der Waals surface area contributed by atoms with E-state index in [1.807, 2.05) is 71.3 Å². The fourth-order valence-corrected chi connectivity index (χ4v) is 2.72. The van der Waals surface area contributed by atoms with Crippen molar-refractivity contribution in [3.8, 4) is 5.82 Å². The minimum Gasteiger partial charge on any atom is -0.277 e. The average molecular weight is 333 g/mol. The summed E-state index contributed by atoms with van der Waals surface area (Å²) in [5.41, 5.74) is 2.98. The summed E-state index contributed by atoms with van der Waals surface area (Å²) in [6.07, 6.45) is 5.46. The molecule has 0 aliphatic carbocycles. The molecule has 0 saturated heterocycles. The Morgan fingerprint density at radius 1 is 0.875 bits per heavy atom. The van der Waals surface area contributed by atoms with Crippen molar-refractivity contribution in [2.45, 2.75) is 0 Å². The van der Waals surface area contributed by atoms with E-state index in [2.05, 4.69) is 9.97 Å². The number of imidazole rings is 1. The van der Waals surface area contributed by atoms with Crippen molar-refractivity contribution in [1.82, 2.24) is 19.5 Å². The molecule has 5 heteroatoms. The fourth-order valence-electron chi connectivity index (χ4n) is 2.58. The molecule has 0 saturated carbocycles. The molecule has 0 spiro atoms. The average Bonchev–Trinajstić information content (AvgIpc) is 2.99. The van der Waals surface area contributed by atoms with Gasteiger partial charge in [-0.05, 0) is 23.8 Å². The van der Waals surface area contributed by atoms with Gasteiger partial charge in [0.15, 0.2) is 0 Å². The molecule has 24 heavy (non-hydrogen) atoms. The lowest BCUT2D eigenvalue weighted by atomic mass is 10.2. The molecule has 4 rings (SSSR count). The van der Waals surface area contributed by atoms with E-state index in [4.69, 9.17) is 16.6 Å². The number of nitrogens with zero attached hydrogens (tertiary/aromatic N) is 4. The molecule has 0 radical (unpaired) electrons. The predicted molar refractivity (Wildman–Crippen MR) is 97.0 cm³/mol. The zero-order valence-electron chi connectivity index (χ0n) is 12.7. The van der Waals surface area contributed by atoms with Gasteiger partial charge in [0.25, 0.3) is 0 Å². The molecule has 0 bridgehead atoms. The van der Waals surface area contributed by atoms with Crippen molar-refractivity contribution in [2.24, 2.45) is 0 Å². The Morgan fingerprint density at radius 3 is 2.50 bits per heavy atom. The Balaban J connectivity index is 1.89. The number of hydrogen-bond acceptors (Lipinski definition) is 3. The molecule has 0 amide bonds. The van der Waals surface area contributed by atoms with Crippen LogP contribution >= 0.6 is 11.6 Å². The summed E-state index contributed by atoms with van der Waals surface area (Å²) in [5.74, 6) is 1.48. The Hall–Kier alpha value is -2.98. The molecule has 0 N–H and O–H groups in total. The second kappa shape index (κ2) is 6.26. The lowest BCUT2D eigenvalue weighted by Crippen LogP contribution is -2.00. The van der Waals surface area contributed by atoms with Gasteiger partial charge >= 0.3 is 0 Å². The van der Waals surface area contributed by atoms with Gasteiger partial charge in [0.1, 0.15) is 23.1 Å². The van der Waals surface area contributed by atoms with Crippen molar-refractivity contribution in [3.05, 3.63) is 83.5 Å². The monoisotopic (exact) mass is 332 g/mol. The summed E-state index contributed by atoms with van der Waals surface area (Å²) >= 11 is 6.04. The van der Waals surface area contributed by atoms with Crippen LogP contribution in [-0.2, 0) is 0 Å². The largest absolute Gasteiger partial charge is 0.277 e. The molecule has 4 nitrogen and oxygen atoms in total. The van der Waals surface area contributed by atoms with Crippen LogP contribution in [0.5, 0.6) is 0 Å². The maximum Gasteiger partial charge on any atom is 0.143 e. The van der Waals surface area contributed by atoms with Gasteiger partial charge in [0, 0.05) is 6.07 Å². The summed E-state index contributed by atoms with van der Waals surface area (Å²) < 4.78 is 1.97. The molecule has 0 aliphatic heterocycles. The van der Waals surface area contributed by atoms with Crippen LogP contribution in [0, 0.1) is 0 Å². The Kier molecular flexibility index (Phi) is 3.81. The number of para-hydroxylation sites is 2. The van der Waals surface area contributed by atoms with E-state index in [-0.39, 0.29) is 0 Å². The molecule has 2 heterocycles. The summed E-state index contributed by atoms with van der Waals surface area (Å²) in [6.45, 7) is 0. The number of fused-ring (bicyclic) bond motifs is 1. The van der Waals surface area contributed by atoms with Crippen LogP contribution in [0.2, 0.25) is 5.15 Å². The summed E-state index contributed by atoms with van der Waals surface area (Å²) in [5, 5.41) is 0.399. The highest BCUT2D eigenvalue weighted by Crippen LogP contribution is 2.22. The molecule has 0 aliphatic rings. The van der Waals surface area contributed by atoms with Crippen molar-refractivity contribution in [1.29, 1.82) is 0 Å². The predicted octanol–water partition coefficient (Wildman–Crippen LogP) is 4.64. The molecular weight excluding hydrogens is 320 g/mol. The van der Waals surface area contributed by atoms with Gasteiger partial charge in [-0.1, -0.05) is 60.1 Å². The van der Waals surface area contributed by atoms with Crippen molar-refractivity contribution >= 4 is 34.8 Å². The van der Waals surface area contributed by atoms with E-state index < -0.39 is 0 Å². The number of hydrogen-bond donors (Lipinski definition) is 0. The SMILES string of the molecule is Clc1cc(-n2c(/C=C/c3ccccc3)nc3ccccc32)ncn1. The molecule has 0 atom stereocenters. The number of halogens is 1. The van der Waals surface area contributed by atoms with Crippen LogP contribution in [-0.4, -0.2) is 19.5 Å². The first kappa shape index (κ1) is 14.6. The third kappa shape index (κ3) is 2.79. The van der Waals surface area contributed by atoms with E-state index >= 15 is 0 Å². The highest BCUT2D eigenvalue weighted by molar-refractivity contribution is 6.29. The van der Waals surface area contributed by atoms with Gasteiger partial charge in [-0.3, -0.25) is 4.57 Å². The van der Waals surface area contributed by atoms with Crippen LogP contribution < -0.4 is 0 Å². The van der Waals surface area contributed by atoms with E-state index in [0.29, 0.717) is 11.0 Å². The molecule has 2 aromatic carbocycles. The van der Waals surface area contributed by atoms with Crippen LogP contribution in [0.4, 0.5) is 0 Å². The van der Waals surface area contributed by atoms with Crippen LogP contribution in [0.15, 0.2) is 67.0 Å². The smallest absolute Gasteiger partial charge is 0.143 e. The zero-order valence-corrected chi connectivity index (χ0v) is 13.4. The Labute approximate surface area is 144 Å². The fraction of sp³-hybridized carbons (Fsp3) is 0. The number of benzene rings is 2. The van der Waals surface area contributed by atoms with Gasteiger partial charge in [0.05, 0.1) is 11.0 Å². The first-order valence-corrected chi connectivity index (χ1v) is 7.87. The van der Waals surface area contributed by atoms with Gasteiger partial charge in [-0.15, -0.1) is 0 Å². The Morgan fingerprint density at radius 2 is 1.67 bits per heavy atom. The molecular formula is C19H13ClN4. The van der Waals surface area contributed by atoms with Crippen LogP contribution in [0.25, 0.3) is 29.0 Å². The van der Waals surface area contributed by atoms with Crippen LogP contribution in [0.3, 0.4) is 0 Å². The minimum atomic E-state index is 0.399.